The predicted molar refractivity (Wildman–Crippen MR) is 105 cm³/mol. The van der Waals surface area contributed by atoms with Crippen LogP contribution in [0.4, 0.5) is 10.2 Å². The molecule has 2 aromatic rings. The Hall–Kier alpha value is -1.38. The first-order chi connectivity index (χ1) is 12.5. The van der Waals surface area contributed by atoms with Crippen molar-refractivity contribution in [1.29, 1.82) is 0 Å². The van der Waals surface area contributed by atoms with Gasteiger partial charge in [0.15, 0.2) is 0 Å². The third kappa shape index (κ3) is 3.30. The van der Waals surface area contributed by atoms with Crippen LogP contribution in [0.2, 0.25) is 5.02 Å². The van der Waals surface area contributed by atoms with Crippen LogP contribution in [0.25, 0.3) is 0 Å². The van der Waals surface area contributed by atoms with Gasteiger partial charge in [0, 0.05) is 0 Å². The fourth-order valence-electron chi connectivity index (χ4n) is 3.40. The van der Waals surface area contributed by atoms with Crippen LogP contribution in [0.5, 0.6) is 0 Å². The number of halogens is 2. The molecule has 0 radical (unpaired) electrons. The van der Waals surface area contributed by atoms with Gasteiger partial charge in [-0.2, -0.15) is 11.8 Å². The summed E-state index contributed by atoms with van der Waals surface area (Å²) in [5, 5.41) is 5.43. The molecule has 138 valence electrons. The largest absolute Gasteiger partial charge is 0.310 e. The van der Waals surface area contributed by atoms with Crippen LogP contribution in [0, 0.1) is 5.82 Å². The van der Waals surface area contributed by atoms with Crippen LogP contribution >= 0.6 is 35.1 Å². The minimum Gasteiger partial charge on any atom is -0.310 e. The van der Waals surface area contributed by atoms with Gasteiger partial charge in [-0.25, -0.2) is 4.39 Å². The number of nitrogens with zero attached hydrogens (tertiary/aromatic N) is 1. The number of aromatic nitrogens is 2. The number of hydrogen-bond acceptors (Lipinski definition) is 4. The number of nitrogens with one attached hydrogen (secondary N) is 2. The van der Waals surface area contributed by atoms with Crippen molar-refractivity contribution in [1.82, 2.24) is 9.78 Å². The zero-order valence-corrected chi connectivity index (χ0v) is 16.1. The lowest BCUT2D eigenvalue weighted by molar-refractivity contribution is -0.113. The summed E-state index contributed by atoms with van der Waals surface area (Å²) in [4.78, 5) is 25.0. The Bertz CT molecular complexity index is 908. The molecule has 2 aliphatic rings. The third-order valence-corrected chi connectivity index (χ3v) is 7.27. The average molecular weight is 414 g/mol. The van der Waals surface area contributed by atoms with E-state index in [0.717, 1.165) is 24.3 Å². The van der Waals surface area contributed by atoms with Gasteiger partial charge >= 0.3 is 0 Å². The number of fused-ring (bicyclic) bond motifs is 1. The fourth-order valence-corrected chi connectivity index (χ4v) is 5.78. The normalized spacial score (nSPS) is 21.2. The monoisotopic (exact) mass is 413 g/mol. The molecule has 2 aliphatic heterocycles. The molecule has 26 heavy (non-hydrogen) atoms. The van der Waals surface area contributed by atoms with Crippen molar-refractivity contribution >= 4 is 46.8 Å². The van der Waals surface area contributed by atoms with Crippen molar-refractivity contribution in [2.75, 3.05) is 22.6 Å². The lowest BCUT2D eigenvalue weighted by Crippen LogP contribution is -2.22. The second kappa shape index (κ2) is 7.32. The van der Waals surface area contributed by atoms with E-state index < -0.39 is 5.82 Å². The van der Waals surface area contributed by atoms with E-state index >= 15 is 0 Å². The Labute approximate surface area is 163 Å². The molecule has 1 amide bonds. The molecule has 4 rings (SSSR count). The number of aromatic amines is 1. The highest BCUT2D eigenvalue weighted by Gasteiger charge is 2.32. The van der Waals surface area contributed by atoms with Gasteiger partial charge in [-0.3, -0.25) is 19.4 Å². The molecule has 1 aromatic carbocycles. The number of amides is 1. The van der Waals surface area contributed by atoms with Crippen LogP contribution in [0.15, 0.2) is 23.0 Å². The van der Waals surface area contributed by atoms with Crippen molar-refractivity contribution in [3.05, 3.63) is 50.5 Å². The van der Waals surface area contributed by atoms with Crippen LogP contribution in [0.3, 0.4) is 0 Å². The smallest absolute Gasteiger partial charge is 0.270 e. The van der Waals surface area contributed by atoms with Crippen LogP contribution in [-0.2, 0) is 4.79 Å². The highest BCUT2D eigenvalue weighted by atomic mass is 35.5. The quantitative estimate of drug-likeness (QED) is 0.785. The molecule has 0 saturated carbocycles. The number of H-pyrrole nitrogens is 1. The summed E-state index contributed by atoms with van der Waals surface area (Å²) < 4.78 is 15.4. The van der Waals surface area contributed by atoms with E-state index in [9.17, 15) is 14.0 Å². The molecule has 3 heterocycles. The molecule has 2 N–H and O–H groups in total. The van der Waals surface area contributed by atoms with Crippen molar-refractivity contribution in [3.8, 4) is 0 Å². The zero-order chi connectivity index (χ0) is 18.3. The third-order valence-electron chi connectivity index (χ3n) is 4.67. The van der Waals surface area contributed by atoms with E-state index in [1.807, 2.05) is 16.4 Å². The van der Waals surface area contributed by atoms with Gasteiger partial charge in [-0.15, -0.1) is 11.8 Å². The topological polar surface area (TPSA) is 66.9 Å². The van der Waals surface area contributed by atoms with Crippen molar-refractivity contribution < 1.29 is 9.18 Å². The van der Waals surface area contributed by atoms with Crippen LogP contribution in [-0.4, -0.2) is 32.9 Å². The highest BCUT2D eigenvalue weighted by Crippen LogP contribution is 2.42. The van der Waals surface area contributed by atoms with E-state index in [0.29, 0.717) is 16.9 Å². The Kier molecular flexibility index (Phi) is 5.07. The average Bonchev–Trinajstić information content (AvgIpc) is 2.84. The summed E-state index contributed by atoms with van der Waals surface area (Å²) >= 11 is 9.18. The number of carbonyl (C=O) groups excluding carboxylic acids is 1. The van der Waals surface area contributed by atoms with Crippen LogP contribution < -0.4 is 10.9 Å². The number of anilines is 1. The number of hydrogen-bond donors (Lipinski definition) is 2. The number of carbonyl (C=O) groups is 1. The van der Waals surface area contributed by atoms with Gasteiger partial charge in [0.2, 0.25) is 5.91 Å². The molecular formula is C17H17ClFN3O2S2. The molecule has 1 aromatic heterocycles. The van der Waals surface area contributed by atoms with Gasteiger partial charge < -0.3 is 5.32 Å². The molecular weight excluding hydrogens is 397 g/mol. The second-order valence-corrected chi connectivity index (χ2v) is 9.05. The highest BCUT2D eigenvalue weighted by molar-refractivity contribution is 8.00. The van der Waals surface area contributed by atoms with Crippen molar-refractivity contribution in [3.63, 3.8) is 0 Å². The number of rotatable bonds is 2. The zero-order valence-electron chi connectivity index (χ0n) is 13.8. The summed E-state index contributed by atoms with van der Waals surface area (Å²) in [5.41, 5.74) is 0.988. The molecule has 1 saturated heterocycles. The molecule has 0 spiro atoms. The Morgan fingerprint density at radius 2 is 2.00 bits per heavy atom. The maximum Gasteiger partial charge on any atom is 0.270 e. The van der Waals surface area contributed by atoms with Crippen molar-refractivity contribution in [2.24, 2.45) is 0 Å². The van der Waals surface area contributed by atoms with Gasteiger partial charge in [-0.1, -0.05) is 17.7 Å². The van der Waals surface area contributed by atoms with Crippen molar-refractivity contribution in [2.45, 2.75) is 24.1 Å². The summed E-state index contributed by atoms with van der Waals surface area (Å²) in [7, 11) is 0. The molecule has 5 nitrogen and oxygen atoms in total. The molecule has 1 atom stereocenters. The minimum atomic E-state index is -0.505. The lowest BCUT2D eigenvalue weighted by atomic mass is 10.1. The summed E-state index contributed by atoms with van der Waals surface area (Å²) in [6.07, 6.45) is 1.88. The van der Waals surface area contributed by atoms with Gasteiger partial charge in [0.1, 0.15) is 11.6 Å². The van der Waals surface area contributed by atoms with E-state index in [1.165, 1.54) is 23.9 Å². The maximum atomic E-state index is 13.6. The maximum absolute atomic E-state index is 13.6. The first-order valence-electron chi connectivity index (χ1n) is 8.33. The lowest BCUT2D eigenvalue weighted by Gasteiger charge is -2.24. The standard InChI is InChI=1S/C17H17ClFN3O2S2/c18-11-7-9(1-2-12(11)19)15-14-16(20-13(23)8-26-15)22(21-17(14)24)10-3-5-25-6-4-10/h1-2,7,10,15H,3-6,8H2,(H,20,23)(H,21,24). The summed E-state index contributed by atoms with van der Waals surface area (Å²) in [5.74, 6) is 2.15. The molecule has 9 heteroatoms. The summed E-state index contributed by atoms with van der Waals surface area (Å²) in [6.45, 7) is 0. The number of benzene rings is 1. The first kappa shape index (κ1) is 18.0. The van der Waals surface area contributed by atoms with Gasteiger partial charge in [0.05, 0.1) is 27.6 Å². The second-order valence-electron chi connectivity index (χ2n) is 6.33. The predicted octanol–water partition coefficient (Wildman–Crippen LogP) is 3.81. The molecule has 0 aliphatic carbocycles. The Morgan fingerprint density at radius 3 is 2.73 bits per heavy atom. The molecule has 0 bridgehead atoms. The van der Waals surface area contributed by atoms with Crippen LogP contribution in [0.1, 0.15) is 35.3 Å². The van der Waals surface area contributed by atoms with E-state index in [1.54, 1.807) is 6.07 Å². The number of thioether (sulfide) groups is 2. The van der Waals surface area contributed by atoms with Gasteiger partial charge in [-0.05, 0) is 42.0 Å². The summed E-state index contributed by atoms with van der Waals surface area (Å²) in [6, 6.07) is 4.60. The fraction of sp³-hybridized carbons (Fsp3) is 0.412. The molecule has 1 unspecified atom stereocenters. The minimum absolute atomic E-state index is 0.00773. The van der Waals surface area contributed by atoms with E-state index in [-0.39, 0.29) is 33.5 Å². The Balaban J connectivity index is 1.82. The Morgan fingerprint density at radius 1 is 1.23 bits per heavy atom. The van der Waals surface area contributed by atoms with E-state index in [2.05, 4.69) is 10.4 Å². The first-order valence-corrected chi connectivity index (χ1v) is 10.9. The SMILES string of the molecule is O=C1CSC(c2ccc(F)c(Cl)c2)c2c(n(C3CCSCC3)[nH]c2=O)N1. The molecule has 1 fully saturated rings. The van der Waals surface area contributed by atoms with Gasteiger partial charge in [0.25, 0.3) is 5.56 Å². The van der Waals surface area contributed by atoms with E-state index in [4.69, 9.17) is 11.6 Å².